The fourth-order valence-corrected chi connectivity index (χ4v) is 2.21. The molecule has 1 atom stereocenters. The fourth-order valence-electron chi connectivity index (χ4n) is 2.21. The Bertz CT molecular complexity index is 431. The van der Waals surface area contributed by atoms with Gasteiger partial charge in [0.1, 0.15) is 12.4 Å². The predicted molar refractivity (Wildman–Crippen MR) is 77.2 cm³/mol. The third-order valence-electron chi connectivity index (χ3n) is 3.28. The van der Waals surface area contributed by atoms with Crippen molar-refractivity contribution >= 4 is 5.91 Å². The molecule has 1 aromatic rings. The molecule has 5 nitrogen and oxygen atoms in total. The van der Waals surface area contributed by atoms with E-state index in [-0.39, 0.29) is 11.9 Å². The maximum absolute atomic E-state index is 12.2. The van der Waals surface area contributed by atoms with Crippen molar-refractivity contribution < 1.29 is 14.3 Å². The molecular formula is C15H22N2O3. The summed E-state index contributed by atoms with van der Waals surface area (Å²) in [7, 11) is 1.63. The van der Waals surface area contributed by atoms with Crippen LogP contribution < -0.4 is 15.4 Å². The number of carbonyl (C=O) groups excluding carboxylic acids is 1. The Morgan fingerprint density at radius 1 is 1.45 bits per heavy atom. The van der Waals surface area contributed by atoms with Crippen LogP contribution in [0.1, 0.15) is 23.2 Å². The minimum Gasteiger partial charge on any atom is -0.491 e. The number of hydrogen-bond acceptors (Lipinski definition) is 4. The quantitative estimate of drug-likeness (QED) is 0.768. The van der Waals surface area contributed by atoms with E-state index in [0.717, 1.165) is 25.9 Å². The number of carbonyl (C=O) groups is 1. The molecule has 1 fully saturated rings. The highest BCUT2D eigenvalue weighted by atomic mass is 16.5. The number of nitrogens with one attached hydrogen (secondary N) is 2. The van der Waals surface area contributed by atoms with Crippen molar-refractivity contribution in [1.82, 2.24) is 10.6 Å². The lowest BCUT2D eigenvalue weighted by atomic mass is 10.1. The molecule has 1 aromatic carbocycles. The van der Waals surface area contributed by atoms with Crippen molar-refractivity contribution in [1.29, 1.82) is 0 Å². The standard InChI is InChI=1S/C15H22N2O3/c1-19-8-9-20-14-6-2-4-12(10-14)15(18)17-13-5-3-7-16-11-13/h2,4,6,10,13,16H,3,5,7-9,11H2,1H3,(H,17,18). The number of amides is 1. The summed E-state index contributed by atoms with van der Waals surface area (Å²) >= 11 is 0. The highest BCUT2D eigenvalue weighted by Gasteiger charge is 2.16. The molecule has 110 valence electrons. The van der Waals surface area contributed by atoms with Gasteiger partial charge in [0.15, 0.2) is 0 Å². The molecule has 1 unspecified atom stereocenters. The van der Waals surface area contributed by atoms with Gasteiger partial charge in [-0.25, -0.2) is 0 Å². The van der Waals surface area contributed by atoms with E-state index in [9.17, 15) is 4.79 Å². The lowest BCUT2D eigenvalue weighted by Gasteiger charge is -2.23. The first-order chi connectivity index (χ1) is 9.79. The number of piperidine rings is 1. The summed E-state index contributed by atoms with van der Waals surface area (Å²) in [6.07, 6.45) is 2.13. The van der Waals surface area contributed by atoms with Crippen LogP contribution in [0.2, 0.25) is 0 Å². The number of methoxy groups -OCH3 is 1. The van der Waals surface area contributed by atoms with Gasteiger partial charge in [-0.3, -0.25) is 4.79 Å². The Hall–Kier alpha value is -1.59. The second-order valence-electron chi connectivity index (χ2n) is 4.89. The van der Waals surface area contributed by atoms with Crippen LogP contribution in [0.25, 0.3) is 0 Å². The summed E-state index contributed by atoms with van der Waals surface area (Å²) < 4.78 is 10.4. The summed E-state index contributed by atoms with van der Waals surface area (Å²) in [5, 5.41) is 6.33. The van der Waals surface area contributed by atoms with Crippen LogP contribution in [-0.2, 0) is 4.74 Å². The number of benzene rings is 1. The Morgan fingerprint density at radius 2 is 2.35 bits per heavy atom. The Morgan fingerprint density at radius 3 is 3.10 bits per heavy atom. The van der Waals surface area contributed by atoms with E-state index in [2.05, 4.69) is 10.6 Å². The van der Waals surface area contributed by atoms with Gasteiger partial charge in [-0.1, -0.05) is 6.07 Å². The van der Waals surface area contributed by atoms with Crippen molar-refractivity contribution in [3.05, 3.63) is 29.8 Å². The van der Waals surface area contributed by atoms with E-state index < -0.39 is 0 Å². The molecule has 1 saturated heterocycles. The number of ether oxygens (including phenoxy) is 2. The molecular weight excluding hydrogens is 256 g/mol. The average molecular weight is 278 g/mol. The van der Waals surface area contributed by atoms with Gasteiger partial charge in [-0.15, -0.1) is 0 Å². The average Bonchev–Trinajstić information content (AvgIpc) is 2.49. The molecule has 0 aromatic heterocycles. The maximum atomic E-state index is 12.2. The van der Waals surface area contributed by atoms with Gasteiger partial charge in [0.25, 0.3) is 5.91 Å². The first-order valence-electron chi connectivity index (χ1n) is 7.03. The summed E-state index contributed by atoms with van der Waals surface area (Å²) in [4.78, 5) is 12.2. The van der Waals surface area contributed by atoms with Gasteiger partial charge < -0.3 is 20.1 Å². The van der Waals surface area contributed by atoms with Crippen molar-refractivity contribution in [2.45, 2.75) is 18.9 Å². The first kappa shape index (κ1) is 14.8. The smallest absolute Gasteiger partial charge is 0.251 e. The van der Waals surface area contributed by atoms with Gasteiger partial charge in [0.05, 0.1) is 6.61 Å². The van der Waals surface area contributed by atoms with Crippen LogP contribution in [0.4, 0.5) is 0 Å². The zero-order valence-electron chi connectivity index (χ0n) is 11.9. The highest BCUT2D eigenvalue weighted by molar-refractivity contribution is 5.94. The molecule has 0 saturated carbocycles. The third kappa shape index (κ3) is 4.51. The van der Waals surface area contributed by atoms with Crippen molar-refractivity contribution in [3.63, 3.8) is 0 Å². The molecule has 1 aliphatic heterocycles. The first-order valence-corrected chi connectivity index (χ1v) is 7.03. The van der Waals surface area contributed by atoms with Gasteiger partial charge in [0.2, 0.25) is 0 Å². The topological polar surface area (TPSA) is 59.6 Å². The molecule has 5 heteroatoms. The summed E-state index contributed by atoms with van der Waals surface area (Å²) in [6.45, 7) is 2.89. The molecule has 1 amide bonds. The van der Waals surface area contributed by atoms with E-state index in [4.69, 9.17) is 9.47 Å². The lowest BCUT2D eigenvalue weighted by molar-refractivity contribution is 0.0930. The molecule has 1 heterocycles. The minimum absolute atomic E-state index is 0.0455. The van der Waals surface area contributed by atoms with Crippen LogP contribution in [0.5, 0.6) is 5.75 Å². The molecule has 0 radical (unpaired) electrons. The molecule has 0 spiro atoms. The molecule has 2 N–H and O–H groups in total. The van der Waals surface area contributed by atoms with Crippen LogP contribution in [0.15, 0.2) is 24.3 Å². The highest BCUT2D eigenvalue weighted by Crippen LogP contribution is 2.14. The third-order valence-corrected chi connectivity index (χ3v) is 3.28. The molecule has 1 aliphatic rings. The maximum Gasteiger partial charge on any atom is 0.251 e. The van der Waals surface area contributed by atoms with E-state index in [1.807, 2.05) is 12.1 Å². The van der Waals surface area contributed by atoms with Crippen LogP contribution in [0.3, 0.4) is 0 Å². The van der Waals surface area contributed by atoms with Crippen LogP contribution in [-0.4, -0.2) is 45.4 Å². The summed E-state index contributed by atoms with van der Waals surface area (Å²) in [5.41, 5.74) is 0.630. The number of rotatable bonds is 6. The van der Waals surface area contributed by atoms with E-state index in [1.54, 1.807) is 19.2 Å². The zero-order chi connectivity index (χ0) is 14.2. The van der Waals surface area contributed by atoms with E-state index >= 15 is 0 Å². The molecule has 0 bridgehead atoms. The van der Waals surface area contributed by atoms with Crippen molar-refractivity contribution in [2.75, 3.05) is 33.4 Å². The summed E-state index contributed by atoms with van der Waals surface area (Å²) in [5.74, 6) is 0.646. The SMILES string of the molecule is COCCOc1cccc(C(=O)NC2CCCNC2)c1. The van der Waals surface area contributed by atoms with E-state index in [0.29, 0.717) is 24.5 Å². The van der Waals surface area contributed by atoms with Crippen LogP contribution >= 0.6 is 0 Å². The fraction of sp³-hybridized carbons (Fsp3) is 0.533. The molecule has 20 heavy (non-hydrogen) atoms. The molecule has 2 rings (SSSR count). The van der Waals surface area contributed by atoms with Gasteiger partial charge >= 0.3 is 0 Å². The summed E-state index contributed by atoms with van der Waals surface area (Å²) in [6, 6.07) is 7.45. The van der Waals surface area contributed by atoms with Crippen LogP contribution in [0, 0.1) is 0 Å². The van der Waals surface area contributed by atoms with Gasteiger partial charge in [-0.05, 0) is 37.6 Å². The van der Waals surface area contributed by atoms with Crippen molar-refractivity contribution in [2.24, 2.45) is 0 Å². The molecule has 0 aliphatic carbocycles. The Labute approximate surface area is 119 Å². The van der Waals surface area contributed by atoms with E-state index in [1.165, 1.54) is 0 Å². The lowest BCUT2D eigenvalue weighted by Crippen LogP contribution is -2.45. The predicted octanol–water partition coefficient (Wildman–Crippen LogP) is 1.19. The normalized spacial score (nSPS) is 18.6. The Balaban J connectivity index is 1.89. The monoisotopic (exact) mass is 278 g/mol. The van der Waals surface area contributed by atoms with Crippen molar-refractivity contribution in [3.8, 4) is 5.75 Å². The zero-order valence-corrected chi connectivity index (χ0v) is 11.9. The second-order valence-corrected chi connectivity index (χ2v) is 4.89. The number of hydrogen-bond donors (Lipinski definition) is 2. The largest absolute Gasteiger partial charge is 0.491 e. The van der Waals surface area contributed by atoms with Gasteiger partial charge in [-0.2, -0.15) is 0 Å². The second kappa shape index (κ2) is 7.87. The Kier molecular flexibility index (Phi) is 5.83. The van der Waals surface area contributed by atoms with Gasteiger partial charge in [0, 0.05) is 25.3 Å². The minimum atomic E-state index is -0.0455.